The van der Waals surface area contributed by atoms with Gasteiger partial charge in [-0.25, -0.2) is 12.7 Å². The van der Waals surface area contributed by atoms with Crippen molar-refractivity contribution in [3.63, 3.8) is 0 Å². The zero-order valence-electron chi connectivity index (χ0n) is 8.71. The van der Waals surface area contributed by atoms with E-state index in [9.17, 15) is 8.42 Å². The Bertz CT molecular complexity index is 210. The molecule has 13 heavy (non-hydrogen) atoms. The van der Waals surface area contributed by atoms with Crippen molar-refractivity contribution < 1.29 is 8.42 Å². The molecule has 0 unspecified atom stereocenters. The van der Waals surface area contributed by atoms with Gasteiger partial charge in [0.1, 0.15) is 0 Å². The summed E-state index contributed by atoms with van der Waals surface area (Å²) in [5.74, 6) is 0.246. The van der Waals surface area contributed by atoms with Crippen LogP contribution in [0, 0.1) is 0 Å². The Morgan fingerprint density at radius 2 is 1.77 bits per heavy atom. The second-order valence-corrected chi connectivity index (χ2v) is 4.95. The third kappa shape index (κ3) is 4.59. The first-order chi connectivity index (χ1) is 6.08. The number of nitrogens with zero attached hydrogens (tertiary/aromatic N) is 1. The Morgan fingerprint density at radius 3 is 2.15 bits per heavy atom. The molecule has 4 nitrogen and oxygen atoms in total. The van der Waals surface area contributed by atoms with Gasteiger partial charge in [-0.15, -0.1) is 0 Å². The molecule has 0 aliphatic heterocycles. The highest BCUT2D eigenvalue weighted by Crippen LogP contribution is 2.01. The van der Waals surface area contributed by atoms with Crippen LogP contribution in [0.4, 0.5) is 0 Å². The van der Waals surface area contributed by atoms with E-state index in [0.717, 1.165) is 6.54 Å². The van der Waals surface area contributed by atoms with Gasteiger partial charge >= 0.3 is 0 Å². The molecule has 0 heterocycles. The van der Waals surface area contributed by atoms with Gasteiger partial charge in [-0.05, 0) is 20.0 Å². The summed E-state index contributed by atoms with van der Waals surface area (Å²) in [4.78, 5) is 0. The highest BCUT2D eigenvalue weighted by atomic mass is 32.2. The van der Waals surface area contributed by atoms with Gasteiger partial charge in [0.2, 0.25) is 10.0 Å². The van der Waals surface area contributed by atoms with Crippen LogP contribution in [0.15, 0.2) is 0 Å². The van der Waals surface area contributed by atoms with Gasteiger partial charge in [0.15, 0.2) is 0 Å². The third-order valence-electron chi connectivity index (χ3n) is 1.93. The van der Waals surface area contributed by atoms with E-state index >= 15 is 0 Å². The van der Waals surface area contributed by atoms with Crippen molar-refractivity contribution in [2.45, 2.75) is 20.3 Å². The summed E-state index contributed by atoms with van der Waals surface area (Å²) < 4.78 is 24.6. The molecule has 0 bridgehead atoms. The summed E-state index contributed by atoms with van der Waals surface area (Å²) in [7, 11) is -1.18. The topological polar surface area (TPSA) is 49.4 Å². The van der Waals surface area contributed by atoms with Gasteiger partial charge in [-0.3, -0.25) is 0 Å². The van der Waals surface area contributed by atoms with E-state index < -0.39 is 10.0 Å². The Morgan fingerprint density at radius 1 is 1.23 bits per heavy atom. The standard InChI is InChI=1S/C8H20N2O2S/c1-4-10(5-2)13(11,12)8-6-7-9-3/h9H,4-8H2,1-3H3. The fraction of sp³-hybridized carbons (Fsp3) is 1.00. The van der Waals surface area contributed by atoms with Crippen LogP contribution in [-0.4, -0.2) is 45.2 Å². The van der Waals surface area contributed by atoms with Crippen LogP contribution in [0.2, 0.25) is 0 Å². The first-order valence-corrected chi connectivity index (χ1v) is 6.31. The zero-order chi connectivity index (χ0) is 10.3. The lowest BCUT2D eigenvalue weighted by Crippen LogP contribution is -2.33. The van der Waals surface area contributed by atoms with Crippen LogP contribution in [0.3, 0.4) is 0 Å². The zero-order valence-corrected chi connectivity index (χ0v) is 9.52. The van der Waals surface area contributed by atoms with Crippen LogP contribution >= 0.6 is 0 Å². The highest BCUT2D eigenvalue weighted by Gasteiger charge is 2.17. The Balaban J connectivity index is 4.05. The summed E-state index contributed by atoms with van der Waals surface area (Å²) in [6.45, 7) is 5.61. The average Bonchev–Trinajstić information content (AvgIpc) is 2.06. The Kier molecular flexibility index (Phi) is 6.28. The summed E-state index contributed by atoms with van der Waals surface area (Å²) in [6.07, 6.45) is 0.676. The molecule has 0 rings (SSSR count). The van der Waals surface area contributed by atoms with E-state index in [1.54, 1.807) is 0 Å². The molecule has 0 amide bonds. The molecule has 80 valence electrons. The Labute approximate surface area is 81.4 Å². The molecule has 0 aliphatic carbocycles. The summed E-state index contributed by atoms with van der Waals surface area (Å²) >= 11 is 0. The van der Waals surface area contributed by atoms with Crippen molar-refractivity contribution in [1.29, 1.82) is 0 Å². The molecule has 0 fully saturated rings. The highest BCUT2D eigenvalue weighted by molar-refractivity contribution is 7.89. The maximum atomic E-state index is 11.6. The predicted molar refractivity (Wildman–Crippen MR) is 55.3 cm³/mol. The maximum absolute atomic E-state index is 11.6. The van der Waals surface area contributed by atoms with Crippen molar-refractivity contribution in [3.05, 3.63) is 0 Å². The van der Waals surface area contributed by atoms with E-state index in [0.29, 0.717) is 19.5 Å². The lowest BCUT2D eigenvalue weighted by atomic mass is 10.5. The SMILES string of the molecule is CCN(CC)S(=O)(=O)CCCNC. The quantitative estimate of drug-likeness (QED) is 0.611. The van der Waals surface area contributed by atoms with Gasteiger partial charge in [-0.2, -0.15) is 0 Å². The molecule has 0 aliphatic rings. The molecule has 0 aromatic carbocycles. The number of rotatable bonds is 7. The molecule has 0 aromatic heterocycles. The molecule has 0 radical (unpaired) electrons. The van der Waals surface area contributed by atoms with E-state index in [2.05, 4.69) is 5.32 Å². The largest absolute Gasteiger partial charge is 0.320 e. The number of hydrogen-bond acceptors (Lipinski definition) is 3. The molecule has 0 spiro atoms. The van der Waals surface area contributed by atoms with Gasteiger partial charge in [-0.1, -0.05) is 13.8 Å². The smallest absolute Gasteiger partial charge is 0.214 e. The predicted octanol–water partition coefficient (Wildman–Crippen LogP) is 0.267. The van der Waals surface area contributed by atoms with Crippen LogP contribution in [0.1, 0.15) is 20.3 Å². The lowest BCUT2D eigenvalue weighted by Gasteiger charge is -2.17. The van der Waals surface area contributed by atoms with Crippen molar-refractivity contribution in [1.82, 2.24) is 9.62 Å². The molecule has 1 N–H and O–H groups in total. The fourth-order valence-electron chi connectivity index (χ4n) is 1.18. The first-order valence-electron chi connectivity index (χ1n) is 4.70. The van der Waals surface area contributed by atoms with E-state index in [4.69, 9.17) is 0 Å². The molecular formula is C8H20N2O2S. The van der Waals surface area contributed by atoms with Crippen LogP contribution in [-0.2, 0) is 10.0 Å². The van der Waals surface area contributed by atoms with Gasteiger partial charge in [0.25, 0.3) is 0 Å². The summed E-state index contributed by atoms with van der Waals surface area (Å²) in [5.41, 5.74) is 0. The van der Waals surface area contributed by atoms with Gasteiger partial charge in [0, 0.05) is 13.1 Å². The molecular weight excluding hydrogens is 188 g/mol. The molecule has 0 aromatic rings. The second kappa shape index (κ2) is 6.34. The lowest BCUT2D eigenvalue weighted by molar-refractivity contribution is 0.444. The molecule has 0 atom stereocenters. The fourth-order valence-corrected chi connectivity index (χ4v) is 2.73. The second-order valence-electron chi connectivity index (χ2n) is 2.86. The minimum atomic E-state index is -3.00. The third-order valence-corrected chi connectivity index (χ3v) is 4.04. The average molecular weight is 208 g/mol. The van der Waals surface area contributed by atoms with E-state index in [-0.39, 0.29) is 5.75 Å². The van der Waals surface area contributed by atoms with Crippen molar-refractivity contribution in [3.8, 4) is 0 Å². The number of nitrogens with one attached hydrogen (secondary N) is 1. The van der Waals surface area contributed by atoms with Crippen LogP contribution in [0.5, 0.6) is 0 Å². The summed E-state index contributed by atoms with van der Waals surface area (Å²) in [5, 5.41) is 2.93. The monoisotopic (exact) mass is 208 g/mol. The minimum absolute atomic E-state index is 0.246. The molecule has 0 saturated carbocycles. The number of sulfonamides is 1. The summed E-state index contributed by atoms with van der Waals surface area (Å²) in [6, 6.07) is 0. The molecule has 5 heteroatoms. The van der Waals surface area contributed by atoms with Crippen molar-refractivity contribution >= 4 is 10.0 Å². The number of hydrogen-bond donors (Lipinski definition) is 1. The Hall–Kier alpha value is -0.130. The maximum Gasteiger partial charge on any atom is 0.214 e. The minimum Gasteiger partial charge on any atom is -0.320 e. The van der Waals surface area contributed by atoms with Crippen LogP contribution in [0.25, 0.3) is 0 Å². The van der Waals surface area contributed by atoms with Crippen molar-refractivity contribution in [2.24, 2.45) is 0 Å². The molecule has 0 saturated heterocycles. The van der Waals surface area contributed by atoms with E-state index in [1.807, 2.05) is 20.9 Å². The van der Waals surface area contributed by atoms with Crippen molar-refractivity contribution in [2.75, 3.05) is 32.4 Å². The van der Waals surface area contributed by atoms with E-state index in [1.165, 1.54) is 4.31 Å². The first kappa shape index (κ1) is 12.9. The van der Waals surface area contributed by atoms with Crippen LogP contribution < -0.4 is 5.32 Å². The normalized spacial score (nSPS) is 12.3. The van der Waals surface area contributed by atoms with Gasteiger partial charge in [0.05, 0.1) is 5.75 Å². The van der Waals surface area contributed by atoms with Gasteiger partial charge < -0.3 is 5.32 Å².